The van der Waals surface area contributed by atoms with E-state index in [-0.39, 0.29) is 16.4 Å². The zero-order valence-corrected chi connectivity index (χ0v) is 17.7. The van der Waals surface area contributed by atoms with E-state index in [1.54, 1.807) is 37.5 Å². The van der Waals surface area contributed by atoms with E-state index >= 15 is 0 Å². The van der Waals surface area contributed by atoms with Crippen molar-refractivity contribution in [2.75, 3.05) is 7.11 Å². The second-order valence-electron chi connectivity index (χ2n) is 7.33. The highest BCUT2D eigenvalue weighted by Gasteiger charge is 2.14. The van der Waals surface area contributed by atoms with Gasteiger partial charge in [0.05, 0.1) is 7.11 Å². The van der Waals surface area contributed by atoms with Crippen molar-refractivity contribution in [3.05, 3.63) is 71.3 Å². The van der Waals surface area contributed by atoms with Crippen molar-refractivity contribution in [3.63, 3.8) is 0 Å². The van der Waals surface area contributed by atoms with E-state index < -0.39 is 5.91 Å². The summed E-state index contributed by atoms with van der Waals surface area (Å²) < 4.78 is 5.08. The van der Waals surface area contributed by atoms with Crippen LogP contribution in [-0.2, 0) is 10.2 Å². The molecule has 0 radical (unpaired) electrons. The quantitative estimate of drug-likeness (QED) is 0.409. The summed E-state index contributed by atoms with van der Waals surface area (Å²) in [5.74, 6) is -0.0290. The molecule has 0 bridgehead atoms. The second-order valence-corrected chi connectivity index (χ2v) is 7.74. The lowest BCUT2D eigenvalue weighted by Crippen LogP contribution is -2.48. The van der Waals surface area contributed by atoms with E-state index in [2.05, 4.69) is 36.9 Å². The van der Waals surface area contributed by atoms with E-state index in [0.29, 0.717) is 5.56 Å². The Bertz CT molecular complexity index is 898. The van der Waals surface area contributed by atoms with Crippen LogP contribution in [-0.4, -0.2) is 24.0 Å². The van der Waals surface area contributed by atoms with Crippen molar-refractivity contribution in [3.8, 4) is 5.75 Å². The van der Waals surface area contributed by atoms with Crippen LogP contribution in [0.5, 0.6) is 5.75 Å². The molecule has 152 valence electrons. The molecule has 0 saturated heterocycles. The lowest BCUT2D eigenvalue weighted by molar-refractivity contribution is -0.115. The minimum Gasteiger partial charge on any atom is -0.497 e. The maximum Gasteiger partial charge on any atom is 0.269 e. The fourth-order valence-electron chi connectivity index (χ4n) is 2.38. The molecule has 0 heterocycles. The van der Waals surface area contributed by atoms with Gasteiger partial charge in [-0.3, -0.25) is 25.8 Å². The van der Waals surface area contributed by atoms with Crippen molar-refractivity contribution in [1.29, 1.82) is 0 Å². The van der Waals surface area contributed by atoms with Crippen LogP contribution in [0.2, 0.25) is 0 Å². The van der Waals surface area contributed by atoms with Gasteiger partial charge in [0.25, 0.3) is 5.91 Å². The molecule has 2 amide bonds. The van der Waals surface area contributed by atoms with Crippen molar-refractivity contribution in [2.24, 2.45) is 0 Å². The van der Waals surface area contributed by atoms with Crippen LogP contribution in [0.4, 0.5) is 0 Å². The minimum absolute atomic E-state index is 0.00552. The SMILES string of the molecule is COc1ccc(C=CC(=O)NC(=S)NNC(=O)c2ccc(C(C)(C)C)cc2)cc1. The molecule has 29 heavy (non-hydrogen) atoms. The van der Waals surface area contributed by atoms with E-state index in [1.165, 1.54) is 6.08 Å². The molecule has 3 N–H and O–H groups in total. The Labute approximate surface area is 176 Å². The maximum absolute atomic E-state index is 12.2. The van der Waals surface area contributed by atoms with Gasteiger partial charge < -0.3 is 4.74 Å². The Morgan fingerprint density at radius 2 is 1.59 bits per heavy atom. The van der Waals surface area contributed by atoms with Gasteiger partial charge in [-0.25, -0.2) is 0 Å². The van der Waals surface area contributed by atoms with Crippen LogP contribution in [0.25, 0.3) is 6.08 Å². The zero-order valence-electron chi connectivity index (χ0n) is 16.9. The summed E-state index contributed by atoms with van der Waals surface area (Å²) in [6, 6.07) is 14.6. The average molecular weight is 412 g/mol. The van der Waals surface area contributed by atoms with Gasteiger partial charge in [0, 0.05) is 11.6 Å². The first-order valence-corrected chi connectivity index (χ1v) is 9.44. The molecule has 0 aliphatic rings. The summed E-state index contributed by atoms with van der Waals surface area (Å²) in [6.45, 7) is 6.31. The maximum atomic E-state index is 12.2. The van der Waals surface area contributed by atoms with Gasteiger partial charge in [-0.05, 0) is 59.1 Å². The molecule has 0 aliphatic heterocycles. The second kappa shape index (κ2) is 9.84. The molecular weight excluding hydrogens is 386 g/mol. The molecule has 2 rings (SSSR count). The number of thiocarbonyl (C=S) groups is 1. The molecule has 0 unspecified atom stereocenters. The Morgan fingerprint density at radius 3 is 2.14 bits per heavy atom. The highest BCUT2D eigenvalue weighted by molar-refractivity contribution is 7.80. The van der Waals surface area contributed by atoms with Gasteiger partial charge in [0.1, 0.15) is 5.75 Å². The first-order chi connectivity index (χ1) is 13.7. The Morgan fingerprint density at radius 1 is 0.966 bits per heavy atom. The summed E-state index contributed by atoms with van der Waals surface area (Å²) in [5.41, 5.74) is 7.46. The van der Waals surface area contributed by atoms with Crippen LogP contribution in [0, 0.1) is 0 Å². The fraction of sp³-hybridized carbons (Fsp3) is 0.227. The van der Waals surface area contributed by atoms with E-state index in [1.807, 2.05) is 24.3 Å². The highest BCUT2D eigenvalue weighted by atomic mass is 32.1. The molecule has 0 spiro atoms. The lowest BCUT2D eigenvalue weighted by atomic mass is 9.87. The summed E-state index contributed by atoms with van der Waals surface area (Å²) in [7, 11) is 1.59. The van der Waals surface area contributed by atoms with Crippen LogP contribution in [0.3, 0.4) is 0 Å². The number of carbonyl (C=O) groups is 2. The van der Waals surface area contributed by atoms with Crippen molar-refractivity contribution in [2.45, 2.75) is 26.2 Å². The van der Waals surface area contributed by atoms with Crippen molar-refractivity contribution in [1.82, 2.24) is 16.2 Å². The normalized spacial score (nSPS) is 11.0. The van der Waals surface area contributed by atoms with Gasteiger partial charge in [-0.15, -0.1) is 0 Å². The molecule has 2 aromatic rings. The van der Waals surface area contributed by atoms with Gasteiger partial charge in [0.2, 0.25) is 5.91 Å². The molecule has 6 nitrogen and oxygen atoms in total. The highest BCUT2D eigenvalue weighted by Crippen LogP contribution is 2.22. The summed E-state index contributed by atoms with van der Waals surface area (Å²) in [5, 5.41) is 2.46. The minimum atomic E-state index is -0.415. The zero-order chi connectivity index (χ0) is 21.4. The number of hydrogen-bond acceptors (Lipinski definition) is 4. The van der Waals surface area contributed by atoms with Crippen LogP contribution < -0.4 is 20.9 Å². The van der Waals surface area contributed by atoms with Crippen LogP contribution in [0.1, 0.15) is 42.3 Å². The lowest BCUT2D eigenvalue weighted by Gasteiger charge is -2.19. The van der Waals surface area contributed by atoms with Crippen LogP contribution in [0.15, 0.2) is 54.6 Å². The average Bonchev–Trinajstić information content (AvgIpc) is 2.70. The fourth-order valence-corrected chi connectivity index (χ4v) is 2.53. The van der Waals surface area contributed by atoms with E-state index in [4.69, 9.17) is 17.0 Å². The number of hydrazine groups is 1. The molecule has 0 atom stereocenters. The van der Waals surface area contributed by atoms with Gasteiger partial charge in [-0.1, -0.05) is 45.0 Å². The van der Waals surface area contributed by atoms with Gasteiger partial charge >= 0.3 is 0 Å². The van der Waals surface area contributed by atoms with E-state index in [9.17, 15) is 9.59 Å². The number of hydrogen-bond donors (Lipinski definition) is 3. The molecule has 0 aromatic heterocycles. The predicted octanol–water partition coefficient (Wildman–Crippen LogP) is 3.34. The first-order valence-electron chi connectivity index (χ1n) is 9.03. The van der Waals surface area contributed by atoms with Gasteiger partial charge in [-0.2, -0.15) is 0 Å². The third-order valence-electron chi connectivity index (χ3n) is 4.08. The number of amides is 2. The molecule has 0 aliphatic carbocycles. The predicted molar refractivity (Wildman–Crippen MR) is 119 cm³/mol. The Balaban J connectivity index is 1.81. The number of methoxy groups -OCH3 is 1. The Hall–Kier alpha value is -3.19. The summed E-state index contributed by atoms with van der Waals surface area (Å²) >= 11 is 5.02. The smallest absolute Gasteiger partial charge is 0.269 e. The third-order valence-corrected chi connectivity index (χ3v) is 4.29. The molecule has 2 aromatic carbocycles. The number of benzene rings is 2. The standard InChI is InChI=1S/C22H25N3O3S/c1-22(2,3)17-10-8-16(9-11-17)20(27)24-25-21(29)23-19(26)14-7-15-5-12-18(28-4)13-6-15/h5-14H,1-4H3,(H,24,27)(H2,23,25,26,29). The Kier molecular flexibility index (Phi) is 7.50. The first kappa shape index (κ1) is 22.1. The summed E-state index contributed by atoms with van der Waals surface area (Å²) in [4.78, 5) is 24.1. The molecule has 0 saturated carbocycles. The molecule has 0 fully saturated rings. The summed E-state index contributed by atoms with van der Waals surface area (Å²) in [6.07, 6.45) is 3.00. The number of carbonyl (C=O) groups excluding carboxylic acids is 2. The van der Waals surface area contributed by atoms with Crippen molar-refractivity contribution >= 4 is 35.2 Å². The molecular formula is C22H25N3O3S. The number of rotatable bonds is 4. The largest absolute Gasteiger partial charge is 0.497 e. The molecule has 7 heteroatoms. The number of nitrogens with one attached hydrogen (secondary N) is 3. The monoisotopic (exact) mass is 411 g/mol. The topological polar surface area (TPSA) is 79.5 Å². The number of ether oxygens (including phenoxy) is 1. The van der Waals surface area contributed by atoms with E-state index in [0.717, 1.165) is 16.9 Å². The van der Waals surface area contributed by atoms with Crippen molar-refractivity contribution < 1.29 is 14.3 Å². The third kappa shape index (κ3) is 7.04. The van der Waals surface area contributed by atoms with Crippen LogP contribution >= 0.6 is 12.2 Å². The van der Waals surface area contributed by atoms with Gasteiger partial charge in [0.15, 0.2) is 5.11 Å².